The number of hydrogen-bond acceptors (Lipinski definition) is 4. The molecule has 1 atom stereocenters. The topological polar surface area (TPSA) is 85.2 Å². The number of halogens is 4. The van der Waals surface area contributed by atoms with Crippen LogP contribution in [0.15, 0.2) is 42.6 Å². The highest BCUT2D eigenvalue weighted by molar-refractivity contribution is 6.03. The molecule has 0 radical (unpaired) electrons. The van der Waals surface area contributed by atoms with Gasteiger partial charge in [-0.15, -0.1) is 0 Å². The quantitative estimate of drug-likeness (QED) is 0.406. The van der Waals surface area contributed by atoms with Crippen LogP contribution in [0.4, 0.5) is 17.6 Å². The van der Waals surface area contributed by atoms with E-state index in [2.05, 4.69) is 15.7 Å². The van der Waals surface area contributed by atoms with Gasteiger partial charge in [0.05, 0.1) is 16.9 Å². The Morgan fingerprint density at radius 2 is 1.78 bits per heavy atom. The molecule has 0 fully saturated rings. The highest BCUT2D eigenvalue weighted by Crippen LogP contribution is 2.30. The highest BCUT2D eigenvalue weighted by atomic mass is 19.4. The van der Waals surface area contributed by atoms with Crippen molar-refractivity contribution in [2.24, 2.45) is 0 Å². The van der Waals surface area contributed by atoms with E-state index in [1.807, 2.05) is 13.1 Å². The Hall–Kier alpha value is -3.89. The first kappa shape index (κ1) is 27.7. The number of hydrogen-bond donors (Lipinski definition) is 2. The molecule has 0 aliphatic rings. The Morgan fingerprint density at radius 3 is 2.38 bits per heavy atom. The van der Waals surface area contributed by atoms with Gasteiger partial charge in [0.25, 0.3) is 11.8 Å². The number of carbonyl (C=O) groups excluding carboxylic acids is 2. The van der Waals surface area contributed by atoms with Crippen LogP contribution in [0, 0.1) is 12.7 Å². The predicted molar refractivity (Wildman–Crippen MR) is 130 cm³/mol. The number of nitrogens with one attached hydrogen (secondary N) is 2. The molecule has 7 nitrogen and oxygen atoms in total. The van der Waals surface area contributed by atoms with Crippen molar-refractivity contribution in [2.75, 3.05) is 13.6 Å². The zero-order valence-corrected chi connectivity index (χ0v) is 20.9. The minimum atomic E-state index is -4.64. The average Bonchev–Trinajstić information content (AvgIpc) is 3.26. The minimum Gasteiger partial charge on any atom is -0.480 e. The summed E-state index contributed by atoms with van der Waals surface area (Å²) in [5.74, 6) is -1.80. The molecule has 11 heteroatoms. The van der Waals surface area contributed by atoms with Gasteiger partial charge in [0, 0.05) is 31.8 Å². The third kappa shape index (κ3) is 6.46. The van der Waals surface area contributed by atoms with Crippen LogP contribution in [-0.2, 0) is 12.8 Å². The molecule has 0 saturated carbocycles. The summed E-state index contributed by atoms with van der Waals surface area (Å²) in [6, 6.07) is 8.36. The van der Waals surface area contributed by atoms with E-state index in [4.69, 9.17) is 4.74 Å². The summed E-state index contributed by atoms with van der Waals surface area (Å²) in [4.78, 5) is 25.3. The smallest absolute Gasteiger partial charge is 0.425 e. The molecule has 0 aliphatic carbocycles. The van der Waals surface area contributed by atoms with Crippen molar-refractivity contribution >= 4 is 11.8 Å². The number of carbonyl (C=O) groups is 2. The molecule has 3 aromatic rings. The third-order valence-corrected chi connectivity index (χ3v) is 5.89. The van der Waals surface area contributed by atoms with Crippen LogP contribution in [0.25, 0.3) is 5.69 Å². The van der Waals surface area contributed by atoms with Crippen molar-refractivity contribution in [1.82, 2.24) is 20.4 Å². The molecular formula is C26H28F4N4O3. The van der Waals surface area contributed by atoms with Crippen LogP contribution in [0.5, 0.6) is 5.75 Å². The number of ether oxygens (including phenoxy) is 1. The van der Waals surface area contributed by atoms with Gasteiger partial charge in [0.15, 0.2) is 6.10 Å². The maximum Gasteiger partial charge on any atom is 0.425 e. The summed E-state index contributed by atoms with van der Waals surface area (Å²) < 4.78 is 59.3. The Labute approximate surface area is 211 Å². The Bertz CT molecular complexity index is 1270. The minimum absolute atomic E-state index is 0.129. The zero-order valence-electron chi connectivity index (χ0n) is 20.9. The second-order valence-electron chi connectivity index (χ2n) is 8.37. The summed E-state index contributed by atoms with van der Waals surface area (Å²) >= 11 is 0. The summed E-state index contributed by atoms with van der Waals surface area (Å²) in [5.41, 5.74) is 2.51. The van der Waals surface area contributed by atoms with Crippen molar-refractivity contribution in [3.8, 4) is 11.4 Å². The van der Waals surface area contributed by atoms with Crippen LogP contribution < -0.4 is 15.4 Å². The number of rotatable bonds is 9. The van der Waals surface area contributed by atoms with Gasteiger partial charge in [-0.1, -0.05) is 6.92 Å². The maximum atomic E-state index is 13.3. The summed E-state index contributed by atoms with van der Waals surface area (Å²) in [6.45, 7) is 4.40. The molecule has 1 heterocycles. The van der Waals surface area contributed by atoms with Gasteiger partial charge >= 0.3 is 6.18 Å². The normalized spacial score (nSPS) is 12.2. The number of alkyl halides is 3. The van der Waals surface area contributed by atoms with Crippen LogP contribution >= 0.6 is 0 Å². The van der Waals surface area contributed by atoms with E-state index in [0.717, 1.165) is 12.5 Å². The molecule has 0 aliphatic heterocycles. The van der Waals surface area contributed by atoms with E-state index in [0.29, 0.717) is 24.2 Å². The highest BCUT2D eigenvalue weighted by Gasteiger charge is 2.39. The van der Waals surface area contributed by atoms with Crippen LogP contribution in [-0.4, -0.2) is 47.5 Å². The Balaban J connectivity index is 1.82. The van der Waals surface area contributed by atoms with E-state index in [1.165, 1.54) is 38.2 Å². The molecular weight excluding hydrogens is 492 g/mol. The lowest BCUT2D eigenvalue weighted by Crippen LogP contribution is -2.33. The molecule has 0 bridgehead atoms. The number of amides is 2. The lowest BCUT2D eigenvalue weighted by atomic mass is 9.99. The summed E-state index contributed by atoms with van der Waals surface area (Å²) in [6.07, 6.45) is -3.96. The fourth-order valence-electron chi connectivity index (χ4n) is 3.77. The summed E-state index contributed by atoms with van der Waals surface area (Å²) in [5, 5.41) is 9.69. The van der Waals surface area contributed by atoms with Crippen LogP contribution in [0.1, 0.15) is 51.4 Å². The van der Waals surface area contributed by atoms with Gasteiger partial charge in [0.1, 0.15) is 11.6 Å². The van der Waals surface area contributed by atoms with Gasteiger partial charge in [-0.05, 0) is 67.8 Å². The second kappa shape index (κ2) is 11.4. The van der Waals surface area contributed by atoms with Crippen molar-refractivity contribution in [3.63, 3.8) is 0 Å². The number of nitrogens with zero attached hydrogens (tertiary/aromatic N) is 2. The number of aryl methyl sites for hydroxylation is 1. The lowest BCUT2D eigenvalue weighted by molar-refractivity contribution is -0.189. The number of aromatic nitrogens is 2. The molecule has 198 valence electrons. The Kier molecular flexibility index (Phi) is 8.57. The van der Waals surface area contributed by atoms with Gasteiger partial charge < -0.3 is 15.4 Å². The van der Waals surface area contributed by atoms with E-state index < -0.39 is 24.1 Å². The molecule has 0 saturated heterocycles. The van der Waals surface area contributed by atoms with Crippen molar-refractivity contribution in [3.05, 3.63) is 76.4 Å². The summed E-state index contributed by atoms with van der Waals surface area (Å²) in [7, 11) is 1.41. The molecule has 2 aromatic carbocycles. The van der Waals surface area contributed by atoms with Gasteiger partial charge in [-0.3, -0.25) is 9.59 Å². The molecule has 1 aromatic heterocycles. The first-order valence-corrected chi connectivity index (χ1v) is 11.7. The van der Waals surface area contributed by atoms with E-state index in [-0.39, 0.29) is 34.8 Å². The average molecular weight is 521 g/mol. The number of benzene rings is 2. The van der Waals surface area contributed by atoms with Gasteiger partial charge in [-0.25, -0.2) is 9.07 Å². The molecule has 2 N–H and O–H groups in total. The maximum absolute atomic E-state index is 13.3. The second-order valence-corrected chi connectivity index (χ2v) is 8.37. The van der Waals surface area contributed by atoms with Gasteiger partial charge in [0.2, 0.25) is 0 Å². The molecule has 1 unspecified atom stereocenters. The van der Waals surface area contributed by atoms with Crippen LogP contribution in [0.2, 0.25) is 0 Å². The fraction of sp³-hybridized carbons (Fsp3) is 0.346. The van der Waals surface area contributed by atoms with Crippen molar-refractivity contribution in [2.45, 2.75) is 45.9 Å². The molecule has 2 amide bonds. The van der Waals surface area contributed by atoms with E-state index in [1.54, 1.807) is 16.8 Å². The standard InChI is InChI=1S/C26H28F4N4O3/c1-5-17-14-34(19-8-6-18(27)7-9-19)33-21(17)12-13-32-25(36)23-15(2)20(24(35)31-4)10-11-22(23)37-16(3)26(28,29)30/h6-11,14,16H,5,12-13H2,1-4H3,(H,31,35)(H,32,36). The SMILES string of the molecule is CCc1cn(-c2ccc(F)cc2)nc1CCNC(=O)c1c(OC(C)C(F)(F)F)ccc(C(=O)NC)c1C. The van der Waals surface area contributed by atoms with Crippen molar-refractivity contribution in [1.29, 1.82) is 0 Å². The zero-order chi connectivity index (χ0) is 27.3. The van der Waals surface area contributed by atoms with E-state index in [9.17, 15) is 27.2 Å². The lowest BCUT2D eigenvalue weighted by Gasteiger charge is -2.21. The molecule has 3 rings (SSSR count). The Morgan fingerprint density at radius 1 is 1.11 bits per heavy atom. The molecule has 0 spiro atoms. The monoisotopic (exact) mass is 520 g/mol. The largest absolute Gasteiger partial charge is 0.480 e. The molecule has 37 heavy (non-hydrogen) atoms. The predicted octanol–water partition coefficient (Wildman–Crippen LogP) is 4.54. The van der Waals surface area contributed by atoms with Crippen molar-refractivity contribution < 1.29 is 31.9 Å². The van der Waals surface area contributed by atoms with E-state index >= 15 is 0 Å². The fourth-order valence-corrected chi connectivity index (χ4v) is 3.77. The van der Waals surface area contributed by atoms with Crippen LogP contribution in [0.3, 0.4) is 0 Å². The first-order chi connectivity index (χ1) is 17.5. The third-order valence-electron chi connectivity index (χ3n) is 5.89. The van der Waals surface area contributed by atoms with Gasteiger partial charge in [-0.2, -0.15) is 18.3 Å². The first-order valence-electron chi connectivity index (χ1n) is 11.7.